The fourth-order valence-electron chi connectivity index (χ4n) is 0.963. The maximum Gasteiger partial charge on any atom is 0.217 e. The number of rotatable bonds is 3. The van der Waals surface area contributed by atoms with Crippen LogP contribution in [0.5, 0.6) is 0 Å². The van der Waals surface area contributed by atoms with Gasteiger partial charge in [-0.25, -0.2) is 4.98 Å². The van der Waals surface area contributed by atoms with E-state index in [1.807, 2.05) is 25.1 Å². The van der Waals surface area contributed by atoms with Gasteiger partial charge in [0.05, 0.1) is 10.2 Å². The molecule has 1 heterocycles. The molecule has 5 heteroatoms. The van der Waals surface area contributed by atoms with Gasteiger partial charge in [-0.3, -0.25) is 4.79 Å². The number of pyridine rings is 1. The van der Waals surface area contributed by atoms with Crippen molar-refractivity contribution in [3.05, 3.63) is 24.4 Å². The van der Waals surface area contributed by atoms with Gasteiger partial charge >= 0.3 is 0 Å². The predicted molar refractivity (Wildman–Crippen MR) is 66.0 cm³/mol. The second-order valence-electron chi connectivity index (χ2n) is 3.01. The summed E-state index contributed by atoms with van der Waals surface area (Å²) in [6.45, 7) is 3.34. The van der Waals surface area contributed by atoms with Gasteiger partial charge < -0.3 is 5.32 Å². The van der Waals surface area contributed by atoms with E-state index in [1.165, 1.54) is 18.7 Å². The lowest BCUT2D eigenvalue weighted by Gasteiger charge is -2.12. The van der Waals surface area contributed by atoms with Crippen molar-refractivity contribution >= 4 is 34.1 Å². The molecule has 1 aromatic rings. The minimum atomic E-state index is -0.121. The largest absolute Gasteiger partial charge is 0.348 e. The first-order chi connectivity index (χ1) is 7.09. The lowest BCUT2D eigenvalue weighted by atomic mass is 10.4. The van der Waals surface area contributed by atoms with E-state index >= 15 is 0 Å². The molecule has 1 rings (SSSR count). The summed E-state index contributed by atoms with van der Waals surface area (Å²) in [5.41, 5.74) is 0. The first-order valence-electron chi connectivity index (χ1n) is 4.49. The number of carbonyl (C=O) groups excluding carboxylic acids is 1. The Morgan fingerprint density at radius 3 is 2.87 bits per heavy atom. The van der Waals surface area contributed by atoms with Crippen LogP contribution in [0.1, 0.15) is 13.8 Å². The van der Waals surface area contributed by atoms with Crippen LogP contribution in [-0.4, -0.2) is 21.1 Å². The smallest absolute Gasteiger partial charge is 0.217 e. The molecule has 1 atom stereocenters. The van der Waals surface area contributed by atoms with Gasteiger partial charge in [0.15, 0.2) is 0 Å². The van der Waals surface area contributed by atoms with E-state index in [4.69, 9.17) is 12.2 Å². The molecule has 1 unspecified atom stereocenters. The van der Waals surface area contributed by atoms with Crippen molar-refractivity contribution in [1.82, 2.24) is 10.3 Å². The van der Waals surface area contributed by atoms with Crippen molar-refractivity contribution in [2.24, 2.45) is 0 Å². The lowest BCUT2D eigenvalue weighted by molar-refractivity contribution is -0.119. The molecular weight excluding hydrogens is 228 g/mol. The molecule has 0 saturated carbocycles. The summed E-state index contributed by atoms with van der Waals surface area (Å²) in [5, 5.41) is 3.58. The highest BCUT2D eigenvalue weighted by Gasteiger charge is 2.11. The SMILES string of the molecule is CC(=O)NC(C)C(=S)Sc1ccccn1. The molecule has 1 amide bonds. The highest BCUT2D eigenvalue weighted by Crippen LogP contribution is 2.18. The van der Waals surface area contributed by atoms with Gasteiger partial charge in [-0.1, -0.05) is 30.0 Å². The molecule has 15 heavy (non-hydrogen) atoms. The highest BCUT2D eigenvalue weighted by molar-refractivity contribution is 8.23. The van der Waals surface area contributed by atoms with Crippen LogP contribution in [0, 0.1) is 0 Å². The molecule has 1 aromatic heterocycles. The maximum absolute atomic E-state index is 10.8. The van der Waals surface area contributed by atoms with Crippen LogP contribution < -0.4 is 5.32 Å². The molecule has 0 aliphatic heterocycles. The normalized spacial score (nSPS) is 11.9. The fourth-order valence-corrected chi connectivity index (χ4v) is 1.98. The molecule has 0 aliphatic rings. The zero-order valence-electron chi connectivity index (χ0n) is 8.56. The third-order valence-electron chi connectivity index (χ3n) is 1.62. The second-order valence-corrected chi connectivity index (χ2v) is 4.77. The molecule has 80 valence electrons. The van der Waals surface area contributed by atoms with Crippen molar-refractivity contribution in [3.8, 4) is 0 Å². The van der Waals surface area contributed by atoms with E-state index in [1.54, 1.807) is 6.20 Å². The van der Waals surface area contributed by atoms with E-state index in [-0.39, 0.29) is 11.9 Å². The summed E-state index contributed by atoms with van der Waals surface area (Å²) >= 11 is 6.58. The van der Waals surface area contributed by atoms with Crippen molar-refractivity contribution < 1.29 is 4.79 Å². The summed E-state index contributed by atoms with van der Waals surface area (Å²) in [5.74, 6) is -0.0773. The van der Waals surface area contributed by atoms with E-state index in [9.17, 15) is 4.79 Å². The predicted octanol–water partition coefficient (Wildman–Crippen LogP) is 2.03. The van der Waals surface area contributed by atoms with Crippen molar-refractivity contribution in [1.29, 1.82) is 0 Å². The number of amides is 1. The number of thioether (sulfide) groups is 1. The number of aromatic nitrogens is 1. The average Bonchev–Trinajstić information content (AvgIpc) is 2.18. The molecule has 0 bridgehead atoms. The second kappa shape index (κ2) is 5.82. The number of carbonyl (C=O) groups is 1. The van der Waals surface area contributed by atoms with E-state index in [0.29, 0.717) is 4.20 Å². The van der Waals surface area contributed by atoms with E-state index in [2.05, 4.69) is 10.3 Å². The Balaban J connectivity index is 2.52. The van der Waals surface area contributed by atoms with Crippen molar-refractivity contribution in [2.75, 3.05) is 0 Å². The molecule has 0 radical (unpaired) electrons. The van der Waals surface area contributed by atoms with Crippen molar-refractivity contribution in [3.63, 3.8) is 0 Å². The summed E-state index contributed by atoms with van der Waals surface area (Å²) in [6, 6.07) is 5.52. The summed E-state index contributed by atoms with van der Waals surface area (Å²) in [4.78, 5) is 15.0. The standard InChI is InChI=1S/C10H12N2OS2/c1-7(12-8(2)13)10(14)15-9-5-3-4-6-11-9/h3-7H,1-2H3,(H,12,13). The number of thiocarbonyl (C=S) groups is 1. The monoisotopic (exact) mass is 240 g/mol. The quantitative estimate of drug-likeness (QED) is 0.648. The average molecular weight is 240 g/mol. The van der Waals surface area contributed by atoms with Gasteiger partial charge in [0.2, 0.25) is 5.91 Å². The van der Waals surface area contributed by atoms with E-state index in [0.717, 1.165) is 5.03 Å². The molecule has 0 fully saturated rings. The Morgan fingerprint density at radius 2 is 2.33 bits per heavy atom. The third-order valence-corrected chi connectivity index (χ3v) is 3.23. The summed E-state index contributed by atoms with van der Waals surface area (Å²) < 4.78 is 0.712. The number of nitrogens with zero attached hydrogens (tertiary/aromatic N) is 1. The van der Waals surface area contributed by atoms with Gasteiger partial charge in [-0.15, -0.1) is 0 Å². The van der Waals surface area contributed by atoms with Crippen LogP contribution in [0.25, 0.3) is 0 Å². The minimum Gasteiger partial charge on any atom is -0.348 e. The number of hydrogen-bond donors (Lipinski definition) is 1. The Morgan fingerprint density at radius 1 is 1.60 bits per heavy atom. The van der Waals surface area contributed by atoms with Gasteiger partial charge in [0.1, 0.15) is 5.03 Å². The maximum atomic E-state index is 10.8. The lowest BCUT2D eigenvalue weighted by Crippen LogP contribution is -2.34. The summed E-state index contributed by atoms with van der Waals surface area (Å²) in [6.07, 6.45) is 1.72. The van der Waals surface area contributed by atoms with Crippen LogP contribution in [0.2, 0.25) is 0 Å². The van der Waals surface area contributed by atoms with Gasteiger partial charge in [-0.05, 0) is 19.1 Å². The molecule has 0 aliphatic carbocycles. The first-order valence-corrected chi connectivity index (χ1v) is 5.72. The van der Waals surface area contributed by atoms with Crippen molar-refractivity contribution in [2.45, 2.75) is 24.9 Å². The Hall–Kier alpha value is -0.940. The first kappa shape index (κ1) is 12.1. The van der Waals surface area contributed by atoms with Crippen LogP contribution in [-0.2, 0) is 4.79 Å². The van der Waals surface area contributed by atoms with Crippen LogP contribution >= 0.6 is 24.0 Å². The topological polar surface area (TPSA) is 42.0 Å². The molecule has 1 N–H and O–H groups in total. The Bertz CT molecular complexity index is 354. The Labute approximate surface area is 98.7 Å². The molecule has 0 spiro atoms. The molecular formula is C10H12N2OS2. The Kier molecular flexibility index (Phi) is 4.71. The van der Waals surface area contributed by atoms with Gasteiger partial charge in [-0.2, -0.15) is 0 Å². The molecule has 0 aromatic carbocycles. The minimum absolute atomic E-state index is 0.0773. The van der Waals surface area contributed by atoms with Crippen LogP contribution in [0.15, 0.2) is 29.4 Å². The number of nitrogens with one attached hydrogen (secondary N) is 1. The zero-order chi connectivity index (χ0) is 11.3. The molecule has 3 nitrogen and oxygen atoms in total. The van der Waals surface area contributed by atoms with Gasteiger partial charge in [0, 0.05) is 13.1 Å². The molecule has 0 saturated heterocycles. The van der Waals surface area contributed by atoms with Crippen LogP contribution in [0.4, 0.5) is 0 Å². The highest BCUT2D eigenvalue weighted by atomic mass is 32.2. The third kappa shape index (κ3) is 4.40. The fraction of sp³-hybridized carbons (Fsp3) is 0.300. The number of hydrogen-bond acceptors (Lipinski definition) is 4. The summed E-state index contributed by atoms with van der Waals surface area (Å²) in [7, 11) is 0. The van der Waals surface area contributed by atoms with Gasteiger partial charge in [0.25, 0.3) is 0 Å². The van der Waals surface area contributed by atoms with E-state index < -0.39 is 0 Å². The van der Waals surface area contributed by atoms with Crippen LogP contribution in [0.3, 0.4) is 0 Å². The zero-order valence-corrected chi connectivity index (χ0v) is 10.2.